The average Bonchev–Trinajstić information content (AvgIpc) is 2.68. The monoisotopic (exact) mass is 380 g/mol. The maximum Gasteiger partial charge on any atom is 0.175 e. The van der Waals surface area contributed by atoms with Crippen molar-refractivity contribution in [1.82, 2.24) is 9.57 Å². The highest BCUT2D eigenvalue weighted by Gasteiger charge is 2.34. The molecule has 5 nitrogen and oxygen atoms in total. The Morgan fingerprint density at radius 2 is 1.81 bits per heavy atom. The van der Waals surface area contributed by atoms with Crippen LogP contribution in [0.5, 0.6) is 5.75 Å². The minimum absolute atomic E-state index is 0.388. The minimum atomic E-state index is -2.57. The predicted molar refractivity (Wildman–Crippen MR) is 107 cm³/mol. The van der Waals surface area contributed by atoms with Crippen LogP contribution in [-0.2, 0) is 9.30 Å². The standard InChI is InChI=1S/C20H33N2O3P/c1-16(2)19-6-5-18(15-20(19)24-3)26(4,23)22-9-7-17(8-10-22)21-11-13-25-14-12-21/h5-6,15-17H,7-14H2,1-4H3. The first-order valence-electron chi connectivity index (χ1n) is 9.76. The molecular formula is C20H33N2O3P. The maximum atomic E-state index is 13.6. The molecule has 2 heterocycles. The van der Waals surface area contributed by atoms with Crippen LogP contribution in [0.25, 0.3) is 0 Å². The third-order valence-electron chi connectivity index (χ3n) is 5.86. The SMILES string of the molecule is COc1cc(P(C)(=O)N2CCC(N3CCOCC3)CC2)ccc1C(C)C. The number of rotatable bonds is 5. The van der Waals surface area contributed by atoms with Crippen molar-refractivity contribution in [3.8, 4) is 5.75 Å². The molecule has 0 N–H and O–H groups in total. The molecule has 2 aliphatic rings. The van der Waals surface area contributed by atoms with Crippen LogP contribution in [0.4, 0.5) is 0 Å². The summed E-state index contributed by atoms with van der Waals surface area (Å²) >= 11 is 0. The van der Waals surface area contributed by atoms with Gasteiger partial charge in [-0.05, 0) is 36.5 Å². The van der Waals surface area contributed by atoms with Crippen LogP contribution in [0.1, 0.15) is 38.2 Å². The molecule has 2 saturated heterocycles. The Kier molecular flexibility index (Phi) is 6.45. The number of ether oxygens (including phenoxy) is 2. The van der Waals surface area contributed by atoms with E-state index >= 15 is 0 Å². The van der Waals surface area contributed by atoms with Crippen molar-refractivity contribution in [3.63, 3.8) is 0 Å². The number of hydrogen-bond donors (Lipinski definition) is 0. The highest BCUT2D eigenvalue weighted by Crippen LogP contribution is 2.47. The molecule has 1 aromatic rings. The predicted octanol–water partition coefficient (Wildman–Crippen LogP) is 3.15. The van der Waals surface area contributed by atoms with Gasteiger partial charge in [-0.1, -0.05) is 19.9 Å². The molecule has 6 heteroatoms. The van der Waals surface area contributed by atoms with Gasteiger partial charge in [0, 0.05) is 44.2 Å². The molecule has 1 atom stereocenters. The molecule has 1 unspecified atom stereocenters. The lowest BCUT2D eigenvalue weighted by Gasteiger charge is -2.41. The Bertz CT molecular complexity index is 650. The van der Waals surface area contributed by atoms with Gasteiger partial charge in [0.05, 0.1) is 20.3 Å². The summed E-state index contributed by atoms with van der Waals surface area (Å²) in [6.07, 6.45) is 2.16. The van der Waals surface area contributed by atoms with Gasteiger partial charge in [0.15, 0.2) is 7.29 Å². The first-order valence-corrected chi connectivity index (χ1v) is 11.9. The number of nitrogens with zero attached hydrogens (tertiary/aromatic N) is 2. The van der Waals surface area contributed by atoms with Gasteiger partial charge in [0.1, 0.15) is 5.75 Å². The van der Waals surface area contributed by atoms with E-state index in [4.69, 9.17) is 9.47 Å². The Balaban J connectivity index is 1.70. The molecule has 0 spiro atoms. The molecule has 0 bridgehead atoms. The summed E-state index contributed by atoms with van der Waals surface area (Å²) in [5.74, 6) is 1.24. The summed E-state index contributed by atoms with van der Waals surface area (Å²) in [6, 6.07) is 6.71. The van der Waals surface area contributed by atoms with E-state index < -0.39 is 7.29 Å². The molecule has 0 amide bonds. The zero-order valence-corrected chi connectivity index (χ0v) is 17.5. The van der Waals surface area contributed by atoms with Crippen molar-refractivity contribution in [2.24, 2.45) is 0 Å². The van der Waals surface area contributed by atoms with Crippen molar-refractivity contribution >= 4 is 12.6 Å². The van der Waals surface area contributed by atoms with E-state index in [1.165, 1.54) is 5.56 Å². The first kappa shape index (κ1) is 19.9. The van der Waals surface area contributed by atoms with Gasteiger partial charge in [-0.25, -0.2) is 4.67 Å². The van der Waals surface area contributed by atoms with Gasteiger partial charge < -0.3 is 14.0 Å². The smallest absolute Gasteiger partial charge is 0.175 e. The molecule has 0 saturated carbocycles. The van der Waals surface area contributed by atoms with E-state index in [2.05, 4.69) is 29.5 Å². The third kappa shape index (κ3) is 4.17. The Hall–Kier alpha value is -0.870. The second kappa shape index (κ2) is 8.43. The van der Waals surface area contributed by atoms with E-state index in [0.29, 0.717) is 12.0 Å². The highest BCUT2D eigenvalue weighted by atomic mass is 31.2. The summed E-state index contributed by atoms with van der Waals surface area (Å²) in [7, 11) is -0.873. The van der Waals surface area contributed by atoms with E-state index in [1.54, 1.807) is 7.11 Å². The van der Waals surface area contributed by atoms with E-state index in [9.17, 15) is 4.57 Å². The second-order valence-corrected chi connectivity index (χ2v) is 10.6. The molecule has 1 aromatic carbocycles. The zero-order chi connectivity index (χ0) is 18.7. The lowest BCUT2D eigenvalue weighted by molar-refractivity contribution is 0.00607. The van der Waals surface area contributed by atoms with E-state index in [-0.39, 0.29) is 0 Å². The molecule has 0 radical (unpaired) electrons. The van der Waals surface area contributed by atoms with Crippen molar-refractivity contribution in [2.75, 3.05) is 53.2 Å². The van der Waals surface area contributed by atoms with E-state index in [0.717, 1.165) is 63.3 Å². The van der Waals surface area contributed by atoms with Crippen LogP contribution in [0.3, 0.4) is 0 Å². The van der Waals surface area contributed by atoms with Crippen molar-refractivity contribution in [3.05, 3.63) is 23.8 Å². The first-order chi connectivity index (χ1) is 12.4. The minimum Gasteiger partial charge on any atom is -0.496 e. The molecule has 2 aliphatic heterocycles. The lowest BCUT2D eigenvalue weighted by atomic mass is 10.0. The summed E-state index contributed by atoms with van der Waals surface area (Å²) < 4.78 is 26.9. The lowest BCUT2D eigenvalue weighted by Crippen LogP contribution is -2.48. The van der Waals surface area contributed by atoms with Gasteiger partial charge in [-0.3, -0.25) is 4.90 Å². The summed E-state index contributed by atoms with van der Waals surface area (Å²) in [5, 5.41) is 0.906. The number of hydrogen-bond acceptors (Lipinski definition) is 4. The van der Waals surface area contributed by atoms with Crippen LogP contribution >= 0.6 is 7.29 Å². The van der Waals surface area contributed by atoms with Crippen molar-refractivity contribution in [1.29, 1.82) is 0 Å². The number of benzene rings is 1. The summed E-state index contributed by atoms with van der Waals surface area (Å²) in [5.41, 5.74) is 1.17. The summed E-state index contributed by atoms with van der Waals surface area (Å²) in [6.45, 7) is 11.7. The quantitative estimate of drug-likeness (QED) is 0.734. The van der Waals surface area contributed by atoms with Crippen molar-refractivity contribution in [2.45, 2.75) is 38.6 Å². The van der Waals surface area contributed by atoms with Crippen LogP contribution in [-0.4, -0.2) is 68.8 Å². The van der Waals surface area contributed by atoms with Gasteiger partial charge in [-0.15, -0.1) is 0 Å². The Morgan fingerprint density at radius 3 is 2.38 bits per heavy atom. The molecule has 2 fully saturated rings. The largest absolute Gasteiger partial charge is 0.496 e. The highest BCUT2D eigenvalue weighted by molar-refractivity contribution is 7.68. The fourth-order valence-corrected chi connectivity index (χ4v) is 6.17. The van der Waals surface area contributed by atoms with Gasteiger partial charge in [-0.2, -0.15) is 0 Å². The van der Waals surface area contributed by atoms with E-state index in [1.807, 2.05) is 18.8 Å². The number of piperidine rings is 1. The number of morpholine rings is 1. The molecular weight excluding hydrogens is 347 g/mol. The fourth-order valence-electron chi connectivity index (χ4n) is 4.14. The normalized spacial score (nSPS) is 23.1. The topological polar surface area (TPSA) is 42.0 Å². The van der Waals surface area contributed by atoms with Crippen LogP contribution < -0.4 is 10.0 Å². The Labute approximate surface area is 158 Å². The van der Waals surface area contributed by atoms with Crippen LogP contribution in [0, 0.1) is 0 Å². The third-order valence-corrected chi connectivity index (χ3v) is 8.58. The van der Waals surface area contributed by atoms with Gasteiger partial charge in [0.25, 0.3) is 0 Å². The van der Waals surface area contributed by atoms with Crippen LogP contribution in [0.15, 0.2) is 18.2 Å². The fraction of sp³-hybridized carbons (Fsp3) is 0.700. The molecule has 26 heavy (non-hydrogen) atoms. The van der Waals surface area contributed by atoms with Gasteiger partial charge >= 0.3 is 0 Å². The Morgan fingerprint density at radius 1 is 1.15 bits per heavy atom. The molecule has 3 rings (SSSR count). The second-order valence-electron chi connectivity index (χ2n) is 7.79. The molecule has 0 aliphatic carbocycles. The van der Waals surface area contributed by atoms with Gasteiger partial charge in [0.2, 0.25) is 0 Å². The number of methoxy groups -OCH3 is 1. The molecule has 146 valence electrons. The molecule has 0 aromatic heterocycles. The van der Waals surface area contributed by atoms with Crippen molar-refractivity contribution < 1.29 is 14.0 Å². The summed E-state index contributed by atoms with van der Waals surface area (Å²) in [4.78, 5) is 2.54. The zero-order valence-electron chi connectivity index (χ0n) is 16.6. The average molecular weight is 380 g/mol. The van der Waals surface area contributed by atoms with Crippen LogP contribution in [0.2, 0.25) is 0 Å². The maximum absolute atomic E-state index is 13.6.